The average molecular weight is 394 g/mol. The third-order valence-electron chi connectivity index (χ3n) is 4.43. The first-order chi connectivity index (χ1) is 12.9. The van der Waals surface area contributed by atoms with E-state index in [-0.39, 0.29) is 16.7 Å². The molecule has 1 aromatic rings. The number of carbonyl (C=O) groups excluding carboxylic acids is 1. The first kappa shape index (κ1) is 23.0. The molecule has 0 bridgehead atoms. The van der Waals surface area contributed by atoms with Crippen LogP contribution in [0.5, 0.6) is 0 Å². The number of anilines is 1. The summed E-state index contributed by atoms with van der Waals surface area (Å²) in [6, 6.07) is 4.46. The zero-order valence-corrected chi connectivity index (χ0v) is 17.2. The number of unbranched alkanes of at least 4 members (excludes halogenated alkanes) is 8. The average Bonchev–Trinajstić information content (AvgIpc) is 2.61. The number of nitrogens with zero attached hydrogens (tertiary/aromatic N) is 1. The van der Waals surface area contributed by atoms with E-state index in [1.54, 1.807) is 13.0 Å². The molecule has 0 spiro atoms. The Morgan fingerprint density at radius 2 is 1.67 bits per heavy atom. The molecule has 0 aliphatic carbocycles. The molecule has 0 atom stereocenters. The van der Waals surface area contributed by atoms with Gasteiger partial charge in [0, 0.05) is 24.2 Å². The van der Waals surface area contributed by atoms with Crippen LogP contribution in [0.2, 0.25) is 0 Å². The van der Waals surface area contributed by atoms with Gasteiger partial charge in [0.2, 0.25) is 5.91 Å². The molecule has 0 saturated carbocycles. The van der Waals surface area contributed by atoms with Gasteiger partial charge in [0.05, 0.1) is 4.92 Å². The molecular formula is C20H31N3O3S. The third kappa shape index (κ3) is 10.0. The molecule has 0 unspecified atom stereocenters. The van der Waals surface area contributed by atoms with Gasteiger partial charge in [-0.1, -0.05) is 58.3 Å². The summed E-state index contributed by atoms with van der Waals surface area (Å²) in [6.45, 7) is 3.97. The third-order valence-corrected chi connectivity index (χ3v) is 4.63. The molecule has 0 saturated heterocycles. The fourth-order valence-corrected chi connectivity index (χ4v) is 3.06. The Hall–Kier alpha value is -2.02. The quantitative estimate of drug-likeness (QED) is 0.208. The Labute approximate surface area is 167 Å². The monoisotopic (exact) mass is 393 g/mol. The van der Waals surface area contributed by atoms with E-state index < -0.39 is 4.92 Å². The summed E-state index contributed by atoms with van der Waals surface area (Å²) in [7, 11) is 0. The highest BCUT2D eigenvalue weighted by Gasteiger charge is 2.10. The standard InChI is InChI=1S/C20H31N3O3S/c1-3-4-5-6-7-8-9-10-11-12-19(24)22-20(27)21-18-14-13-17(23(25)26)15-16(18)2/h13-15H,3-12H2,1-2H3,(H2,21,22,24,27). The molecule has 0 aromatic heterocycles. The van der Waals surface area contributed by atoms with Crippen LogP contribution in [0.3, 0.4) is 0 Å². The van der Waals surface area contributed by atoms with Gasteiger partial charge in [-0.3, -0.25) is 14.9 Å². The highest BCUT2D eigenvalue weighted by Crippen LogP contribution is 2.21. The highest BCUT2D eigenvalue weighted by atomic mass is 32.1. The van der Waals surface area contributed by atoms with Crippen molar-refractivity contribution < 1.29 is 9.72 Å². The van der Waals surface area contributed by atoms with Crippen molar-refractivity contribution >= 4 is 34.6 Å². The predicted octanol–water partition coefficient (Wildman–Crippen LogP) is 5.64. The fourth-order valence-electron chi connectivity index (χ4n) is 2.84. The summed E-state index contributed by atoms with van der Waals surface area (Å²) in [5, 5.41) is 16.6. The largest absolute Gasteiger partial charge is 0.332 e. The molecule has 0 radical (unpaired) electrons. The molecule has 1 amide bonds. The minimum Gasteiger partial charge on any atom is -0.332 e. The molecule has 0 fully saturated rings. The zero-order chi connectivity index (χ0) is 20.1. The Morgan fingerprint density at radius 1 is 1.07 bits per heavy atom. The Bertz CT molecular complexity index is 635. The molecule has 150 valence electrons. The van der Waals surface area contributed by atoms with Crippen molar-refractivity contribution in [2.24, 2.45) is 0 Å². The number of nitro benzene ring substituents is 1. The molecule has 7 heteroatoms. The predicted molar refractivity (Wildman–Crippen MR) is 114 cm³/mol. The van der Waals surface area contributed by atoms with E-state index in [1.165, 1.54) is 57.1 Å². The number of nitro groups is 1. The summed E-state index contributed by atoms with van der Waals surface area (Å²) in [4.78, 5) is 22.3. The lowest BCUT2D eigenvalue weighted by molar-refractivity contribution is -0.384. The van der Waals surface area contributed by atoms with Crippen molar-refractivity contribution in [2.75, 3.05) is 5.32 Å². The molecular weight excluding hydrogens is 362 g/mol. The van der Waals surface area contributed by atoms with Crippen molar-refractivity contribution in [3.8, 4) is 0 Å². The molecule has 0 aliphatic heterocycles. The number of rotatable bonds is 12. The molecule has 6 nitrogen and oxygen atoms in total. The van der Waals surface area contributed by atoms with E-state index in [9.17, 15) is 14.9 Å². The lowest BCUT2D eigenvalue weighted by Gasteiger charge is -2.11. The number of carbonyl (C=O) groups is 1. The van der Waals surface area contributed by atoms with Gasteiger partial charge in [-0.05, 0) is 37.2 Å². The maximum Gasteiger partial charge on any atom is 0.269 e. The highest BCUT2D eigenvalue weighted by molar-refractivity contribution is 7.80. The van der Waals surface area contributed by atoms with Crippen LogP contribution in [0.1, 0.15) is 76.7 Å². The summed E-state index contributed by atoms with van der Waals surface area (Å²) >= 11 is 5.15. The van der Waals surface area contributed by atoms with Crippen molar-refractivity contribution in [3.05, 3.63) is 33.9 Å². The molecule has 2 N–H and O–H groups in total. The summed E-state index contributed by atoms with van der Waals surface area (Å²) in [5.41, 5.74) is 1.37. The van der Waals surface area contributed by atoms with E-state index in [0.29, 0.717) is 17.7 Å². The van der Waals surface area contributed by atoms with Crippen LogP contribution < -0.4 is 10.6 Å². The van der Waals surface area contributed by atoms with Gasteiger partial charge in [-0.25, -0.2) is 0 Å². The minimum absolute atomic E-state index is 0.0263. The first-order valence-corrected chi connectivity index (χ1v) is 10.2. The first-order valence-electron chi connectivity index (χ1n) is 9.80. The molecule has 1 rings (SSSR count). The minimum atomic E-state index is -0.442. The molecule has 0 heterocycles. The van der Waals surface area contributed by atoms with Crippen LogP contribution >= 0.6 is 12.2 Å². The fraction of sp³-hybridized carbons (Fsp3) is 0.600. The van der Waals surface area contributed by atoms with Gasteiger partial charge in [-0.2, -0.15) is 0 Å². The van der Waals surface area contributed by atoms with Gasteiger partial charge in [-0.15, -0.1) is 0 Å². The second kappa shape index (κ2) is 13.2. The van der Waals surface area contributed by atoms with Gasteiger partial charge < -0.3 is 10.6 Å². The lowest BCUT2D eigenvalue weighted by atomic mass is 10.1. The van der Waals surface area contributed by atoms with E-state index in [0.717, 1.165) is 12.8 Å². The van der Waals surface area contributed by atoms with Gasteiger partial charge >= 0.3 is 0 Å². The topological polar surface area (TPSA) is 84.3 Å². The number of nitrogens with one attached hydrogen (secondary N) is 2. The van der Waals surface area contributed by atoms with E-state index in [2.05, 4.69) is 17.6 Å². The maximum absolute atomic E-state index is 12.0. The Morgan fingerprint density at radius 3 is 2.22 bits per heavy atom. The van der Waals surface area contributed by atoms with Crippen LogP contribution in [0.4, 0.5) is 11.4 Å². The summed E-state index contributed by atoms with van der Waals surface area (Å²) in [6.07, 6.45) is 11.3. The summed E-state index contributed by atoms with van der Waals surface area (Å²) < 4.78 is 0. The molecule has 27 heavy (non-hydrogen) atoms. The summed E-state index contributed by atoms with van der Waals surface area (Å²) in [5.74, 6) is -0.102. The van der Waals surface area contributed by atoms with Crippen molar-refractivity contribution in [1.82, 2.24) is 5.32 Å². The number of benzene rings is 1. The van der Waals surface area contributed by atoms with Crippen molar-refractivity contribution in [3.63, 3.8) is 0 Å². The number of aryl methyl sites for hydroxylation is 1. The van der Waals surface area contributed by atoms with Crippen LogP contribution in [-0.2, 0) is 4.79 Å². The number of hydrogen-bond donors (Lipinski definition) is 2. The lowest BCUT2D eigenvalue weighted by Crippen LogP contribution is -2.34. The van der Waals surface area contributed by atoms with E-state index >= 15 is 0 Å². The van der Waals surface area contributed by atoms with Crippen LogP contribution in [0.25, 0.3) is 0 Å². The number of thiocarbonyl (C=S) groups is 1. The molecule has 0 aliphatic rings. The Kier molecular flexibility index (Phi) is 11.2. The van der Waals surface area contributed by atoms with Gasteiger partial charge in [0.25, 0.3) is 5.69 Å². The zero-order valence-electron chi connectivity index (χ0n) is 16.4. The number of amides is 1. The van der Waals surface area contributed by atoms with E-state index in [4.69, 9.17) is 12.2 Å². The number of non-ortho nitro benzene ring substituents is 1. The molecule has 1 aromatic carbocycles. The van der Waals surface area contributed by atoms with Gasteiger partial charge in [0.1, 0.15) is 0 Å². The maximum atomic E-state index is 12.0. The van der Waals surface area contributed by atoms with Crippen molar-refractivity contribution in [2.45, 2.75) is 78.1 Å². The number of hydrogen-bond acceptors (Lipinski definition) is 4. The van der Waals surface area contributed by atoms with Crippen LogP contribution in [-0.4, -0.2) is 15.9 Å². The Balaban J connectivity index is 2.19. The second-order valence-corrected chi connectivity index (χ2v) is 7.25. The van der Waals surface area contributed by atoms with Crippen LogP contribution in [0.15, 0.2) is 18.2 Å². The van der Waals surface area contributed by atoms with Gasteiger partial charge in [0.15, 0.2) is 5.11 Å². The smallest absolute Gasteiger partial charge is 0.269 e. The SMILES string of the molecule is CCCCCCCCCCCC(=O)NC(=S)Nc1ccc([N+](=O)[O-])cc1C. The van der Waals surface area contributed by atoms with Crippen molar-refractivity contribution in [1.29, 1.82) is 0 Å². The van der Waals surface area contributed by atoms with Crippen LogP contribution in [0, 0.1) is 17.0 Å². The second-order valence-electron chi connectivity index (χ2n) is 6.84. The normalized spacial score (nSPS) is 10.4. The van der Waals surface area contributed by atoms with E-state index in [1.807, 2.05) is 0 Å².